The van der Waals surface area contributed by atoms with Gasteiger partial charge in [0, 0.05) is 76.7 Å². The Bertz CT molecular complexity index is 7090. The van der Waals surface area contributed by atoms with Crippen LogP contribution in [0.25, 0.3) is 34.1 Å². The molecular weight excluding hydrogens is 2080 g/mol. The number of nitrogens with one attached hydrogen (secondary N) is 5. The fraction of sp³-hybridized carbons (Fsp3) is 0.156. The number of amides is 1. The molecule has 1 aliphatic rings. The summed E-state index contributed by atoms with van der Waals surface area (Å²) in [5, 5.41) is 78.2. The van der Waals surface area contributed by atoms with Crippen molar-refractivity contribution < 1.29 is 64.5 Å². The van der Waals surface area contributed by atoms with E-state index in [2.05, 4.69) is 154 Å². The predicted octanol–water partition coefficient (Wildman–Crippen LogP) is 14.5. The van der Waals surface area contributed by atoms with Crippen LogP contribution >= 0.6 is 62.8 Å². The van der Waals surface area contributed by atoms with Crippen LogP contribution in [0.3, 0.4) is 0 Å². The predicted molar refractivity (Wildman–Crippen MR) is 542 cm³/mol. The fourth-order valence-corrected chi connectivity index (χ4v) is 13.8. The maximum absolute atomic E-state index is 14.2. The average Bonchev–Trinajstić information content (AvgIpc) is 1.55. The first-order chi connectivity index (χ1) is 70.9. The molecule has 148 heavy (non-hydrogen) atoms. The second kappa shape index (κ2) is 56.5. The largest absolute Gasteiger partial charge is 0.477 e. The molecule has 2 atom stereocenters. The van der Waals surface area contributed by atoms with Crippen LogP contribution in [0.5, 0.6) is 0 Å². The third-order valence-electron chi connectivity index (χ3n) is 18.9. The number of ether oxygens (including phenoxy) is 2. The van der Waals surface area contributed by atoms with Crippen molar-refractivity contribution in [2.24, 2.45) is 11.5 Å². The van der Waals surface area contributed by atoms with Crippen molar-refractivity contribution in [3.05, 3.63) is 312 Å². The quantitative estimate of drug-likeness (QED) is 0.00706. The first kappa shape index (κ1) is 112. The Labute approximate surface area is 862 Å². The molecule has 19 rings (SSSR count). The number of nitrogens with zero attached hydrogens (tertiary/aromatic N) is 28. The van der Waals surface area contributed by atoms with E-state index >= 15 is 0 Å². The van der Waals surface area contributed by atoms with E-state index in [9.17, 15) is 55.0 Å². The number of hydrogen-bond acceptors (Lipinski definition) is 40. The normalized spacial score (nSPS) is 11.9. The molecule has 0 bridgehead atoms. The second-order valence-electron chi connectivity index (χ2n) is 28.8. The highest BCUT2D eigenvalue weighted by atomic mass is 79.9. The van der Waals surface area contributed by atoms with E-state index in [0.717, 1.165) is 35.3 Å². The van der Waals surface area contributed by atoms with Crippen LogP contribution in [0, 0.1) is 40.7 Å². The lowest BCUT2D eigenvalue weighted by Gasteiger charge is -2.29. The summed E-state index contributed by atoms with van der Waals surface area (Å²) in [4.78, 5) is 85.3. The van der Waals surface area contributed by atoms with E-state index in [4.69, 9.17) is 55.5 Å². The third-order valence-corrected chi connectivity index (χ3v) is 21.4. The van der Waals surface area contributed by atoms with Crippen LogP contribution in [0.4, 0.5) is 93.9 Å². The molecule has 11 heterocycles. The minimum atomic E-state index is -1.17. The van der Waals surface area contributed by atoms with Crippen molar-refractivity contribution in [3.63, 3.8) is 0 Å². The Balaban J connectivity index is 0.000000176. The number of aromatic carboxylic acids is 1. The van der Waals surface area contributed by atoms with Gasteiger partial charge in [-0.1, -0.05) is 72.4 Å². The lowest BCUT2D eigenvalue weighted by atomic mass is 9.91. The minimum Gasteiger partial charge on any atom is -0.477 e. The number of halogens is 9. The molecule has 0 aliphatic heterocycles. The van der Waals surface area contributed by atoms with E-state index in [1.165, 1.54) is 275 Å². The highest BCUT2D eigenvalue weighted by molar-refractivity contribution is 9.10. The highest BCUT2D eigenvalue weighted by Gasteiger charge is 2.26. The second-order valence-corrected chi connectivity index (χ2v) is 32.4. The smallest absolute Gasteiger partial charge is 0.343 e. The molecule has 18 N–H and O–H groups in total. The molecule has 58 heteroatoms. The Kier molecular flexibility index (Phi) is 42.9. The summed E-state index contributed by atoms with van der Waals surface area (Å²) in [7, 11) is 0. The number of hydrogen-bond donors (Lipinski definition) is 12. The van der Waals surface area contributed by atoms with Crippen LogP contribution in [0.1, 0.15) is 88.4 Å². The van der Waals surface area contributed by atoms with Gasteiger partial charge in [-0.2, -0.15) is 71.4 Å². The van der Waals surface area contributed by atoms with Crippen LogP contribution in [0.2, 0.25) is 5.15 Å². The van der Waals surface area contributed by atoms with Crippen molar-refractivity contribution in [1.82, 2.24) is 145 Å². The maximum atomic E-state index is 14.2. The zero-order chi connectivity index (χ0) is 105. The number of esters is 2. The number of carboxylic acid groups (broad SMARTS) is 1. The van der Waals surface area contributed by atoms with Gasteiger partial charge >= 0.3 is 17.9 Å². The summed E-state index contributed by atoms with van der Waals surface area (Å²) in [5.74, 6) is -4.91. The number of nitrogens with two attached hydrogens (primary N) is 6. The number of H-pyrrole nitrogens is 1. The minimum absolute atomic E-state index is 0. The Morgan fingerprint density at radius 1 is 0.446 bits per heavy atom. The summed E-state index contributed by atoms with van der Waals surface area (Å²) in [5.41, 5.74) is 38.6. The van der Waals surface area contributed by atoms with Gasteiger partial charge in [-0.05, 0) is 189 Å². The van der Waals surface area contributed by atoms with E-state index in [1.807, 2.05) is 12.5 Å². The lowest BCUT2D eigenvalue weighted by molar-refractivity contribution is 0.0516. The molecule has 11 aromatic heterocycles. The molecule has 0 saturated heterocycles. The van der Waals surface area contributed by atoms with E-state index < -0.39 is 52.9 Å². The van der Waals surface area contributed by atoms with Crippen molar-refractivity contribution in [2.45, 2.75) is 74.5 Å². The van der Waals surface area contributed by atoms with Crippen molar-refractivity contribution in [1.29, 1.82) is 0 Å². The van der Waals surface area contributed by atoms with Crippen LogP contribution in [-0.2, 0) is 9.47 Å². The number of benzene rings is 7. The van der Waals surface area contributed by atoms with Crippen molar-refractivity contribution in [2.75, 3.05) is 76.2 Å². The Hall–Kier alpha value is -17.6. The topological polar surface area (TPSA) is 640 Å². The molecule has 18 aromatic rings. The van der Waals surface area contributed by atoms with Crippen LogP contribution in [0.15, 0.2) is 259 Å². The van der Waals surface area contributed by atoms with Gasteiger partial charge in [0.25, 0.3) is 5.91 Å². The van der Waals surface area contributed by atoms with Crippen molar-refractivity contribution in [3.8, 4) is 34.1 Å². The summed E-state index contributed by atoms with van der Waals surface area (Å²) in [6.07, 6.45) is 35.6. The van der Waals surface area contributed by atoms with Gasteiger partial charge in [0.15, 0.2) is 44.6 Å². The number of thioether (sulfide) groups is 3. The molecule has 46 nitrogen and oxygen atoms in total. The molecule has 0 radical (unpaired) electrons. The number of nitrogen functional groups attached to an aromatic ring is 4. The number of aromatic nitrogens is 29. The van der Waals surface area contributed by atoms with Gasteiger partial charge in [0.2, 0.25) is 5.95 Å². The maximum Gasteiger partial charge on any atom is 0.343 e. The molecule has 7 aromatic carbocycles. The van der Waals surface area contributed by atoms with Crippen LogP contribution < -0.4 is 55.7 Å². The van der Waals surface area contributed by atoms with Gasteiger partial charge < -0.3 is 70.2 Å². The first-order valence-corrected chi connectivity index (χ1v) is 47.5. The van der Waals surface area contributed by atoms with Gasteiger partial charge in [0.1, 0.15) is 90.6 Å². The number of aromatic amines is 1. The summed E-state index contributed by atoms with van der Waals surface area (Å²) < 4.78 is 106. The fourth-order valence-electron chi connectivity index (χ4n) is 12.1. The van der Waals surface area contributed by atoms with E-state index in [1.54, 1.807) is 38.7 Å². The van der Waals surface area contributed by atoms with Crippen LogP contribution in [-0.4, -0.2) is 218 Å². The molecule has 1 aliphatic carbocycles. The number of primary amides is 1. The zero-order valence-electron chi connectivity index (χ0n) is 77.4. The van der Waals surface area contributed by atoms with E-state index in [-0.39, 0.29) is 111 Å². The van der Waals surface area contributed by atoms with Gasteiger partial charge in [-0.3, -0.25) is 4.79 Å². The van der Waals surface area contributed by atoms with Gasteiger partial charge in [0.05, 0.1) is 104 Å². The number of carbonyl (C=O) groups is 4. The standard InChI is InChI=1S/C19H22FN9O.C16H15FN6O2S.C14H11FN6O2S.C8H9ClN2O2S.3C8H7FN4.C6H5BrFN.C2H3N3.CH4/c20-13-6-5-11(9-16(13)29-24-7-8-25-29)26-18-12(17(22)30)10-23-19(28-18)27-15-4-2-1-3-14(15)21;1-3-25-15(24)11-9-18-16(26-2)22-14(11)21-10-4-5-12(17)13(8-10)23-19-6-7-20-23;1-24-14-16-7-9(13(22)23)12(20-14)19-8-2-3-10(15)11(6-8)21-17-4-5-18-21;1-3-13-7(12)5-4-10-8(14-2)11-6(5)9;9-7-2-1-6(10)5-8(7)13-4-3-11-12-13;2*9-7-2-1-6(10)5-8(7)13-11-3-4-12-13;7-5-3-4(9)1-2-6(5)8;1-2-4-5-3-1;/h5-10,14-15H,1-4,21H2,(H2,22,30)(H2,23,26,27,28);4-9H,3H2,1-2H3,(H,18,21,22);2-7H,1H3,(H,22,23)(H,16,19,20);4H,3H2,1-2H3;3*1-5H,10H2;1-3H,9H2;1-2H,(H,3,4,5);1H4/t14-,15+;;;;;;;;;/m0........./s1. The van der Waals surface area contributed by atoms with E-state index in [0.29, 0.717) is 78.0 Å². The molecule has 1 fully saturated rings. The molecule has 0 unspecified atom stereocenters. The number of carboxylic acids is 1. The molecule has 1 amide bonds. The monoisotopic (exact) mass is 2170 g/mol. The highest BCUT2D eigenvalue weighted by Crippen LogP contribution is 2.31. The zero-order valence-corrected chi connectivity index (χ0v) is 82.2. The molecule has 1 saturated carbocycles. The Morgan fingerprint density at radius 3 is 1.15 bits per heavy atom. The number of anilines is 11. The summed E-state index contributed by atoms with van der Waals surface area (Å²) in [6.45, 7) is 3.97. The van der Waals surface area contributed by atoms with Gasteiger partial charge in [-0.25, -0.2) is 84.7 Å². The third kappa shape index (κ3) is 33.0. The number of carbonyl (C=O) groups excluding carboxylic acids is 3. The van der Waals surface area contributed by atoms with Gasteiger partial charge in [-0.15, -0.1) is 29.1 Å². The summed E-state index contributed by atoms with van der Waals surface area (Å²) in [6, 6.07) is 30.0. The Morgan fingerprint density at radius 2 is 0.791 bits per heavy atom. The molecule has 0 spiro atoms. The SMILES string of the molecule is C.CCOC(=O)c1cnc(SC)nc1Cl.CCOC(=O)c1cnc(SC)nc1Nc1ccc(F)c(-n2nccn2)c1.CSc1ncc(C(=O)O)c(Nc2ccc(F)c(-n3nccn3)c2)n1.NC(=O)c1cnc(N[C@@H]2CCCC[C@@H]2N)nc1Nc1ccc(F)c(-n2nccn2)c1.Nc1ccc(F)c(-n2ccnn2)c1.Nc1ccc(F)c(-n2nccn2)c1.Nc1ccc(F)c(-n2nccn2)c1.Nc1ccc(F)c(Br)c1.c1cn[nH]n1. The molecular formula is C90H90BrClF7N39O7S3. The number of rotatable bonds is 23. The molecule has 768 valence electrons. The van der Waals surface area contributed by atoms with Crippen molar-refractivity contribution >= 4 is 150 Å². The lowest BCUT2D eigenvalue weighted by Crippen LogP contribution is -2.43. The summed E-state index contributed by atoms with van der Waals surface area (Å²) >= 11 is 12.7. The average molecular weight is 2170 g/mol. The first-order valence-electron chi connectivity index (χ1n) is 42.6.